The van der Waals surface area contributed by atoms with Gasteiger partial charge in [0.2, 0.25) is 5.91 Å². The van der Waals surface area contributed by atoms with E-state index < -0.39 is 0 Å². The van der Waals surface area contributed by atoms with Gasteiger partial charge < -0.3 is 15.0 Å². The number of carbonyl (C=O) groups is 1. The molecule has 146 valence electrons. The first kappa shape index (κ1) is 20.0. The summed E-state index contributed by atoms with van der Waals surface area (Å²) in [5.74, 6) is 0.565. The van der Waals surface area contributed by atoms with E-state index in [-0.39, 0.29) is 12.5 Å². The Bertz CT molecular complexity index is 996. The van der Waals surface area contributed by atoms with Crippen LogP contribution in [0.3, 0.4) is 0 Å². The highest BCUT2D eigenvalue weighted by molar-refractivity contribution is 5.94. The number of rotatable bonds is 8. The zero-order valence-corrected chi connectivity index (χ0v) is 16.3. The average molecular weight is 385 g/mol. The van der Waals surface area contributed by atoms with Crippen LogP contribution in [-0.4, -0.2) is 19.0 Å². The maximum atomic E-state index is 12.5. The molecular formula is C24H23N3O2. The Morgan fingerprint density at radius 3 is 2.59 bits per heavy atom. The van der Waals surface area contributed by atoms with Crippen molar-refractivity contribution in [1.29, 1.82) is 5.26 Å². The lowest BCUT2D eigenvalue weighted by molar-refractivity contribution is -0.115. The van der Waals surface area contributed by atoms with Gasteiger partial charge in [-0.3, -0.25) is 4.79 Å². The van der Waals surface area contributed by atoms with Gasteiger partial charge in [-0.2, -0.15) is 5.26 Å². The second-order valence-electron chi connectivity index (χ2n) is 6.53. The Balaban J connectivity index is 1.59. The van der Waals surface area contributed by atoms with Gasteiger partial charge in [0.15, 0.2) is 0 Å². The normalized spacial score (nSPS) is 10.1. The van der Waals surface area contributed by atoms with Crippen LogP contribution in [0.2, 0.25) is 0 Å². The monoisotopic (exact) mass is 385 g/mol. The fraction of sp³-hybridized carbons (Fsp3) is 0.167. The summed E-state index contributed by atoms with van der Waals surface area (Å²) < 4.78 is 5.81. The molecule has 0 atom stereocenters. The number of carbonyl (C=O) groups excluding carboxylic acids is 1. The number of nitriles is 1. The van der Waals surface area contributed by atoms with Crippen molar-refractivity contribution in [3.8, 4) is 11.8 Å². The molecule has 0 saturated carbocycles. The molecule has 0 aliphatic rings. The van der Waals surface area contributed by atoms with Crippen LogP contribution in [0.5, 0.6) is 5.75 Å². The van der Waals surface area contributed by atoms with E-state index in [1.54, 1.807) is 18.2 Å². The summed E-state index contributed by atoms with van der Waals surface area (Å²) in [5, 5.41) is 11.9. The Morgan fingerprint density at radius 1 is 1.03 bits per heavy atom. The first-order valence-electron chi connectivity index (χ1n) is 9.49. The number of hydrogen-bond donors (Lipinski definition) is 1. The molecule has 5 nitrogen and oxygen atoms in total. The van der Waals surface area contributed by atoms with E-state index in [4.69, 9.17) is 10.00 Å². The number of ether oxygens (including phenoxy) is 1. The Labute approximate surface area is 171 Å². The van der Waals surface area contributed by atoms with Gasteiger partial charge in [-0.25, -0.2) is 0 Å². The lowest BCUT2D eigenvalue weighted by Crippen LogP contribution is -2.33. The van der Waals surface area contributed by atoms with Gasteiger partial charge in [0.1, 0.15) is 12.4 Å². The molecule has 0 heterocycles. The minimum Gasteiger partial charge on any atom is -0.489 e. The topological polar surface area (TPSA) is 65.4 Å². The van der Waals surface area contributed by atoms with Crippen molar-refractivity contribution in [3.63, 3.8) is 0 Å². The first-order valence-corrected chi connectivity index (χ1v) is 9.49. The first-order chi connectivity index (χ1) is 14.2. The summed E-state index contributed by atoms with van der Waals surface area (Å²) in [6.45, 7) is 3.38. The fourth-order valence-electron chi connectivity index (χ4n) is 2.96. The van der Waals surface area contributed by atoms with Crippen LogP contribution in [0.15, 0.2) is 78.9 Å². The van der Waals surface area contributed by atoms with Gasteiger partial charge in [-0.1, -0.05) is 36.4 Å². The molecule has 0 aromatic heterocycles. The highest BCUT2D eigenvalue weighted by Gasteiger charge is 2.10. The quantitative estimate of drug-likeness (QED) is 0.615. The molecule has 0 radical (unpaired) electrons. The van der Waals surface area contributed by atoms with Gasteiger partial charge in [-0.15, -0.1) is 0 Å². The number of hydrogen-bond acceptors (Lipinski definition) is 4. The van der Waals surface area contributed by atoms with Crippen LogP contribution in [0, 0.1) is 11.3 Å². The number of likely N-dealkylation sites (N-methyl/N-ethyl adjacent to an activating group) is 1. The van der Waals surface area contributed by atoms with E-state index in [1.165, 1.54) is 0 Å². The molecule has 3 aromatic rings. The SMILES string of the molecule is CCN(CC(=O)Nc1cccc(OCc2cccc(C#N)c2)c1)c1ccccc1. The highest BCUT2D eigenvalue weighted by Crippen LogP contribution is 2.19. The molecule has 5 heteroatoms. The number of nitrogens with zero attached hydrogens (tertiary/aromatic N) is 2. The van der Waals surface area contributed by atoms with E-state index in [0.29, 0.717) is 23.6 Å². The Hall–Kier alpha value is -3.78. The van der Waals surface area contributed by atoms with Crippen molar-refractivity contribution in [1.82, 2.24) is 0 Å². The minimum absolute atomic E-state index is 0.0884. The number of anilines is 2. The van der Waals surface area contributed by atoms with Gasteiger partial charge in [0, 0.05) is 24.0 Å². The summed E-state index contributed by atoms with van der Waals surface area (Å²) in [7, 11) is 0. The van der Waals surface area contributed by atoms with Crippen LogP contribution in [0.1, 0.15) is 18.1 Å². The zero-order valence-electron chi connectivity index (χ0n) is 16.3. The zero-order chi connectivity index (χ0) is 20.5. The van der Waals surface area contributed by atoms with E-state index >= 15 is 0 Å². The van der Waals surface area contributed by atoms with Crippen LogP contribution in [-0.2, 0) is 11.4 Å². The lowest BCUT2D eigenvalue weighted by atomic mass is 10.1. The molecule has 0 aliphatic carbocycles. The van der Waals surface area contributed by atoms with Crippen LogP contribution in [0.4, 0.5) is 11.4 Å². The minimum atomic E-state index is -0.0884. The molecule has 3 rings (SSSR count). The van der Waals surface area contributed by atoms with E-state index in [1.807, 2.05) is 72.5 Å². The number of amides is 1. The van der Waals surface area contributed by atoms with Crippen molar-refractivity contribution >= 4 is 17.3 Å². The van der Waals surface area contributed by atoms with Gasteiger partial charge in [0.25, 0.3) is 0 Å². The van der Waals surface area contributed by atoms with E-state index in [2.05, 4.69) is 11.4 Å². The van der Waals surface area contributed by atoms with Crippen LogP contribution >= 0.6 is 0 Å². The van der Waals surface area contributed by atoms with Crippen molar-refractivity contribution < 1.29 is 9.53 Å². The molecule has 1 amide bonds. The third kappa shape index (κ3) is 5.85. The second kappa shape index (κ2) is 9.95. The smallest absolute Gasteiger partial charge is 0.243 e. The molecule has 0 unspecified atom stereocenters. The van der Waals surface area contributed by atoms with E-state index in [0.717, 1.165) is 17.8 Å². The molecule has 0 aliphatic heterocycles. The predicted octanol–water partition coefficient (Wildman–Crippen LogP) is 4.60. The largest absolute Gasteiger partial charge is 0.489 e. The molecule has 0 bridgehead atoms. The summed E-state index contributed by atoms with van der Waals surface area (Å²) >= 11 is 0. The van der Waals surface area contributed by atoms with Gasteiger partial charge >= 0.3 is 0 Å². The van der Waals surface area contributed by atoms with Crippen molar-refractivity contribution in [2.45, 2.75) is 13.5 Å². The van der Waals surface area contributed by atoms with E-state index in [9.17, 15) is 4.79 Å². The molecule has 0 saturated heterocycles. The third-order valence-corrected chi connectivity index (χ3v) is 4.42. The molecular weight excluding hydrogens is 362 g/mol. The summed E-state index contributed by atoms with van der Waals surface area (Å²) in [4.78, 5) is 14.5. The molecule has 3 aromatic carbocycles. The number of para-hydroxylation sites is 1. The molecule has 0 fully saturated rings. The number of nitrogens with one attached hydrogen (secondary N) is 1. The van der Waals surface area contributed by atoms with Crippen LogP contribution < -0.4 is 15.0 Å². The number of benzene rings is 3. The average Bonchev–Trinajstić information content (AvgIpc) is 2.77. The maximum Gasteiger partial charge on any atom is 0.243 e. The van der Waals surface area contributed by atoms with Crippen molar-refractivity contribution in [2.75, 3.05) is 23.3 Å². The van der Waals surface area contributed by atoms with Crippen LogP contribution in [0.25, 0.3) is 0 Å². The van der Waals surface area contributed by atoms with Gasteiger partial charge in [0.05, 0.1) is 18.2 Å². The fourth-order valence-corrected chi connectivity index (χ4v) is 2.96. The standard InChI is InChI=1S/C24H23N3O2/c1-2-27(22-11-4-3-5-12-22)17-24(28)26-21-10-7-13-23(15-21)29-18-20-9-6-8-19(14-20)16-25/h3-15H,2,17-18H2,1H3,(H,26,28). The Kier molecular flexibility index (Phi) is 6.85. The van der Waals surface area contributed by atoms with Gasteiger partial charge in [-0.05, 0) is 48.9 Å². The maximum absolute atomic E-state index is 12.5. The molecule has 1 N–H and O–H groups in total. The third-order valence-electron chi connectivity index (χ3n) is 4.42. The summed E-state index contributed by atoms with van der Waals surface area (Å²) in [6.07, 6.45) is 0. The predicted molar refractivity (Wildman–Crippen MR) is 115 cm³/mol. The highest BCUT2D eigenvalue weighted by atomic mass is 16.5. The summed E-state index contributed by atoms with van der Waals surface area (Å²) in [5.41, 5.74) is 3.22. The van der Waals surface area contributed by atoms with Crippen molar-refractivity contribution in [2.24, 2.45) is 0 Å². The molecule has 29 heavy (non-hydrogen) atoms. The summed E-state index contributed by atoms with van der Waals surface area (Å²) in [6, 6.07) is 26.6. The molecule has 0 spiro atoms. The lowest BCUT2D eigenvalue weighted by Gasteiger charge is -2.22. The second-order valence-corrected chi connectivity index (χ2v) is 6.53. The Morgan fingerprint density at radius 2 is 1.83 bits per heavy atom. The van der Waals surface area contributed by atoms with Crippen molar-refractivity contribution in [3.05, 3.63) is 90.0 Å².